The van der Waals surface area contributed by atoms with Crippen molar-refractivity contribution in [1.29, 1.82) is 10.5 Å². The third-order valence-electron chi connectivity index (χ3n) is 2.14. The molecule has 0 fully saturated rings. The van der Waals surface area contributed by atoms with Gasteiger partial charge in [0, 0.05) is 12.2 Å². The predicted molar refractivity (Wildman–Crippen MR) is 63.8 cm³/mol. The van der Waals surface area contributed by atoms with E-state index in [0.29, 0.717) is 11.1 Å². The Balaban J connectivity index is 2.74. The summed E-state index contributed by atoms with van der Waals surface area (Å²) in [7, 11) is 0. The first-order chi connectivity index (χ1) is 7.67. The molecular formula is C13H13N3. The molecule has 0 aromatic heterocycles. The van der Waals surface area contributed by atoms with Gasteiger partial charge in [0.05, 0.1) is 11.1 Å². The lowest BCUT2D eigenvalue weighted by Crippen LogP contribution is -2.02. The van der Waals surface area contributed by atoms with Crippen LogP contribution >= 0.6 is 0 Å². The van der Waals surface area contributed by atoms with E-state index in [-0.39, 0.29) is 0 Å². The monoisotopic (exact) mass is 211 g/mol. The molecule has 16 heavy (non-hydrogen) atoms. The van der Waals surface area contributed by atoms with Gasteiger partial charge in [-0.15, -0.1) is 6.58 Å². The van der Waals surface area contributed by atoms with Gasteiger partial charge < -0.3 is 5.32 Å². The predicted octanol–water partition coefficient (Wildman–Crippen LogP) is 2.81. The van der Waals surface area contributed by atoms with Gasteiger partial charge >= 0.3 is 0 Å². The normalized spacial score (nSPS) is 8.94. The van der Waals surface area contributed by atoms with Crippen LogP contribution in [0.3, 0.4) is 0 Å². The van der Waals surface area contributed by atoms with Gasteiger partial charge in [0.2, 0.25) is 0 Å². The summed E-state index contributed by atoms with van der Waals surface area (Å²) in [5.74, 6) is 0. The number of benzene rings is 1. The quantitative estimate of drug-likeness (QED) is 0.779. The van der Waals surface area contributed by atoms with E-state index in [1.54, 1.807) is 18.2 Å². The number of anilines is 1. The summed E-state index contributed by atoms with van der Waals surface area (Å²) >= 11 is 0. The van der Waals surface area contributed by atoms with E-state index in [0.717, 1.165) is 24.2 Å². The maximum Gasteiger partial charge on any atom is 0.101 e. The van der Waals surface area contributed by atoms with Gasteiger partial charge in [-0.05, 0) is 31.5 Å². The number of hydrogen-bond acceptors (Lipinski definition) is 3. The molecule has 0 radical (unpaired) electrons. The molecule has 0 spiro atoms. The van der Waals surface area contributed by atoms with Gasteiger partial charge in [0.1, 0.15) is 12.1 Å². The Labute approximate surface area is 95.6 Å². The molecular weight excluding hydrogens is 198 g/mol. The molecule has 0 saturated heterocycles. The lowest BCUT2D eigenvalue weighted by Gasteiger charge is -2.06. The molecule has 0 heterocycles. The number of nitriles is 2. The molecule has 0 amide bonds. The van der Waals surface area contributed by atoms with Crippen LogP contribution in [0.5, 0.6) is 0 Å². The van der Waals surface area contributed by atoms with Gasteiger partial charge in [-0.2, -0.15) is 10.5 Å². The van der Waals surface area contributed by atoms with Crippen molar-refractivity contribution in [1.82, 2.24) is 0 Å². The smallest absolute Gasteiger partial charge is 0.101 e. The average molecular weight is 211 g/mol. The number of nitrogens with zero attached hydrogens (tertiary/aromatic N) is 2. The van der Waals surface area contributed by atoms with Gasteiger partial charge in [-0.25, -0.2) is 0 Å². The zero-order chi connectivity index (χ0) is 12.0. The van der Waals surface area contributed by atoms with Crippen LogP contribution in [0, 0.1) is 22.7 Å². The van der Waals surface area contributed by atoms with Crippen molar-refractivity contribution >= 4 is 5.69 Å². The number of nitrogens with one attached hydrogen (secondary N) is 1. The molecule has 0 saturated carbocycles. The topological polar surface area (TPSA) is 59.6 Å². The van der Waals surface area contributed by atoms with Crippen molar-refractivity contribution in [2.45, 2.75) is 13.3 Å². The lowest BCUT2D eigenvalue weighted by molar-refractivity contribution is 1.00. The van der Waals surface area contributed by atoms with E-state index in [2.05, 4.69) is 11.9 Å². The summed E-state index contributed by atoms with van der Waals surface area (Å²) in [6.45, 7) is 6.57. The van der Waals surface area contributed by atoms with Crippen molar-refractivity contribution in [3.8, 4) is 12.1 Å². The van der Waals surface area contributed by atoms with Crippen LogP contribution in [0.4, 0.5) is 5.69 Å². The Morgan fingerprint density at radius 3 is 2.56 bits per heavy atom. The Morgan fingerprint density at radius 2 is 2.00 bits per heavy atom. The molecule has 0 aliphatic rings. The van der Waals surface area contributed by atoms with E-state index in [9.17, 15) is 0 Å². The summed E-state index contributed by atoms with van der Waals surface area (Å²) in [6, 6.07) is 9.14. The molecule has 0 aliphatic carbocycles. The molecule has 1 aromatic rings. The number of rotatable bonds is 4. The summed E-state index contributed by atoms with van der Waals surface area (Å²) in [5.41, 5.74) is 2.79. The minimum absolute atomic E-state index is 0.405. The number of hydrogen-bond donors (Lipinski definition) is 1. The highest BCUT2D eigenvalue weighted by Gasteiger charge is 2.02. The zero-order valence-electron chi connectivity index (χ0n) is 9.25. The zero-order valence-corrected chi connectivity index (χ0v) is 9.25. The van der Waals surface area contributed by atoms with Crippen LogP contribution in [-0.4, -0.2) is 6.54 Å². The van der Waals surface area contributed by atoms with Crippen molar-refractivity contribution in [2.75, 3.05) is 11.9 Å². The molecule has 80 valence electrons. The van der Waals surface area contributed by atoms with E-state index in [1.165, 1.54) is 0 Å². The Morgan fingerprint density at radius 1 is 1.31 bits per heavy atom. The third kappa shape index (κ3) is 3.15. The van der Waals surface area contributed by atoms with Crippen molar-refractivity contribution < 1.29 is 0 Å². The van der Waals surface area contributed by atoms with E-state index in [1.807, 2.05) is 19.1 Å². The second-order valence-electron chi connectivity index (χ2n) is 3.62. The Kier molecular flexibility index (Phi) is 4.12. The van der Waals surface area contributed by atoms with Gasteiger partial charge in [0.25, 0.3) is 0 Å². The molecule has 1 aromatic carbocycles. The Bertz CT molecular complexity index is 475. The SMILES string of the molecule is C=C(C)CCNc1ccc(C#N)c(C#N)c1. The first kappa shape index (κ1) is 11.8. The Hall–Kier alpha value is -2.26. The highest BCUT2D eigenvalue weighted by atomic mass is 14.9. The average Bonchev–Trinajstić information content (AvgIpc) is 2.28. The highest BCUT2D eigenvalue weighted by molar-refractivity contribution is 5.56. The maximum absolute atomic E-state index is 8.84. The summed E-state index contributed by atoms with van der Waals surface area (Å²) in [5, 5.41) is 20.8. The molecule has 0 bridgehead atoms. The minimum atomic E-state index is 0.405. The van der Waals surface area contributed by atoms with E-state index >= 15 is 0 Å². The summed E-state index contributed by atoms with van der Waals surface area (Å²) < 4.78 is 0. The fourth-order valence-corrected chi connectivity index (χ4v) is 1.26. The maximum atomic E-state index is 8.84. The van der Waals surface area contributed by atoms with E-state index < -0.39 is 0 Å². The first-order valence-corrected chi connectivity index (χ1v) is 5.00. The van der Waals surface area contributed by atoms with Crippen LogP contribution in [0.1, 0.15) is 24.5 Å². The van der Waals surface area contributed by atoms with Crippen LogP contribution in [-0.2, 0) is 0 Å². The molecule has 0 aliphatic heterocycles. The standard InChI is InChI=1S/C13H13N3/c1-10(2)5-6-16-13-4-3-11(8-14)12(7-13)9-15/h3-4,7,16H,1,5-6H2,2H3. The van der Waals surface area contributed by atoms with Crippen molar-refractivity contribution in [3.63, 3.8) is 0 Å². The van der Waals surface area contributed by atoms with Crippen LogP contribution < -0.4 is 5.32 Å². The molecule has 3 heteroatoms. The largest absolute Gasteiger partial charge is 0.385 e. The fourth-order valence-electron chi connectivity index (χ4n) is 1.26. The molecule has 1 N–H and O–H groups in total. The van der Waals surface area contributed by atoms with Crippen LogP contribution in [0.2, 0.25) is 0 Å². The highest BCUT2D eigenvalue weighted by Crippen LogP contribution is 2.14. The second-order valence-corrected chi connectivity index (χ2v) is 3.62. The second kappa shape index (κ2) is 5.58. The third-order valence-corrected chi connectivity index (χ3v) is 2.14. The molecule has 1 rings (SSSR count). The molecule has 0 atom stereocenters. The summed E-state index contributed by atoms with van der Waals surface area (Å²) in [4.78, 5) is 0. The fraction of sp³-hybridized carbons (Fsp3) is 0.231. The molecule has 3 nitrogen and oxygen atoms in total. The molecule has 0 unspecified atom stereocenters. The van der Waals surface area contributed by atoms with E-state index in [4.69, 9.17) is 10.5 Å². The lowest BCUT2D eigenvalue weighted by atomic mass is 10.1. The van der Waals surface area contributed by atoms with Crippen LogP contribution in [0.15, 0.2) is 30.4 Å². The van der Waals surface area contributed by atoms with Crippen molar-refractivity contribution in [2.24, 2.45) is 0 Å². The first-order valence-electron chi connectivity index (χ1n) is 5.00. The van der Waals surface area contributed by atoms with Crippen LogP contribution in [0.25, 0.3) is 0 Å². The minimum Gasteiger partial charge on any atom is -0.385 e. The summed E-state index contributed by atoms with van der Waals surface area (Å²) in [6.07, 6.45) is 0.891. The van der Waals surface area contributed by atoms with Gasteiger partial charge in [-0.3, -0.25) is 0 Å². The van der Waals surface area contributed by atoms with Gasteiger partial charge in [0.15, 0.2) is 0 Å². The van der Waals surface area contributed by atoms with Gasteiger partial charge in [-0.1, -0.05) is 5.57 Å². The van der Waals surface area contributed by atoms with Crippen molar-refractivity contribution in [3.05, 3.63) is 41.5 Å².